The van der Waals surface area contributed by atoms with Crippen molar-refractivity contribution in [3.05, 3.63) is 340 Å². The van der Waals surface area contributed by atoms with Crippen molar-refractivity contribution < 1.29 is 0 Å². The molecule has 7 aromatic heterocycles. The molecule has 0 saturated heterocycles. The highest BCUT2D eigenvalue weighted by Crippen LogP contribution is 2.48. The van der Waals surface area contributed by atoms with Crippen LogP contribution in [0.1, 0.15) is 0 Å². The maximum absolute atomic E-state index is 5.43. The summed E-state index contributed by atoms with van der Waals surface area (Å²) in [6, 6.07) is 116. The molecule has 0 radical (unpaired) electrons. The van der Waals surface area contributed by atoms with Gasteiger partial charge in [-0.15, -0.1) is 0 Å². The first-order valence-electron chi connectivity index (χ1n) is 33.7. The third kappa shape index (κ3) is 9.12. The molecule has 10 nitrogen and oxygen atoms in total. The van der Waals surface area contributed by atoms with Crippen LogP contribution in [-0.2, 0) is 0 Å². The predicted octanol–water partition coefficient (Wildman–Crippen LogP) is 22.1. The number of hydrogen-bond donors (Lipinski definition) is 0. The second kappa shape index (κ2) is 23.0. The summed E-state index contributed by atoms with van der Waals surface area (Å²) in [7, 11) is 0. The van der Waals surface area contributed by atoms with Gasteiger partial charge in [0.05, 0.1) is 55.5 Å². The Bertz CT molecular complexity index is 6540. The molecule has 0 aliphatic carbocycles. The van der Waals surface area contributed by atoms with Crippen LogP contribution < -0.4 is 0 Å². The third-order valence-corrected chi connectivity index (χ3v) is 19.7. The van der Waals surface area contributed by atoms with Crippen LogP contribution in [0.4, 0.5) is 0 Å². The van der Waals surface area contributed by atoms with Crippen LogP contribution in [0.3, 0.4) is 0 Å². The van der Waals surface area contributed by atoms with E-state index in [1.165, 1.54) is 21.5 Å². The number of hydrogen-bond acceptors (Lipinski definition) is 6. The van der Waals surface area contributed by atoms with Crippen LogP contribution in [0.2, 0.25) is 0 Å². The number of nitrogens with zero attached hydrogens (tertiary/aromatic N) is 10. The molecule has 7 heterocycles. The molecule has 0 aliphatic rings. The van der Waals surface area contributed by atoms with Gasteiger partial charge in [0.1, 0.15) is 0 Å². The first-order chi connectivity index (χ1) is 49.6. The van der Waals surface area contributed by atoms with Gasteiger partial charge < -0.3 is 18.3 Å². The molecule has 0 aliphatic heterocycles. The van der Waals surface area contributed by atoms with Gasteiger partial charge in [-0.3, -0.25) is 4.98 Å². The van der Waals surface area contributed by atoms with Crippen LogP contribution >= 0.6 is 0 Å². The second-order valence-electron chi connectivity index (χ2n) is 25.4. The minimum Gasteiger partial charge on any atom is -0.307 e. The highest BCUT2D eigenvalue weighted by Gasteiger charge is 2.27. The van der Waals surface area contributed by atoms with Gasteiger partial charge in [-0.2, -0.15) is 0 Å². The van der Waals surface area contributed by atoms with E-state index in [1.54, 1.807) is 0 Å². The minimum absolute atomic E-state index is 0.560. The van der Waals surface area contributed by atoms with Crippen LogP contribution in [0, 0.1) is 0 Å². The zero-order valence-electron chi connectivity index (χ0n) is 53.8. The second-order valence-corrected chi connectivity index (χ2v) is 25.4. The maximum Gasteiger partial charge on any atom is 0.164 e. The third-order valence-electron chi connectivity index (χ3n) is 19.7. The standard InChI is InChI=1S/C90H56N10/c1-6-23-57(24-7-1)76-55-77(58-25-8-2-9-26-58)93-87(92-76)60-41-47-67(48-42-60)100-81-51-52-91-56-75(81)82-73(54-74-70-37-18-21-40-80(70)98(85(74)86(82)100)65-33-14-5-15-34-65)62-29-22-30-63(53-62)90-95-88(59-27-10-3-11-28-59)94-89(96-90)61-43-45-66(46-44-61)99-79-39-20-17-36-69(79)72-50-49-71-68-35-16-19-38-78(68)97(83(71)84(72)99)64-31-12-4-13-32-64/h1-56H. The fraction of sp³-hybridized carbons (Fsp3) is 0. The molecule has 0 fully saturated rings. The Morgan fingerprint density at radius 1 is 0.210 bits per heavy atom. The van der Waals surface area contributed by atoms with E-state index in [-0.39, 0.29) is 0 Å². The van der Waals surface area contributed by atoms with Crippen LogP contribution in [-0.4, -0.2) is 48.2 Å². The molecule has 0 unspecified atom stereocenters. The van der Waals surface area contributed by atoms with Gasteiger partial charge in [0.15, 0.2) is 23.3 Å². The SMILES string of the molecule is c1ccc(-c2cc(-c3ccccc3)nc(-c3ccc(-n4c5ccncc5c5c(-c6cccc(-c7nc(-c8ccccc8)nc(-c8ccc(-n9c%10ccccc%10c%10ccc%11c%12ccccc%12n(-c%12ccccc%12)c%11c%109)cc8)n7)c6)cc6c7ccccc7n(-c7ccccc7)c6c54)cc3)n2)cc1. The number of rotatable bonds is 11. The predicted molar refractivity (Wildman–Crippen MR) is 409 cm³/mol. The molecule has 20 aromatic rings. The van der Waals surface area contributed by atoms with Gasteiger partial charge >= 0.3 is 0 Å². The Morgan fingerprint density at radius 2 is 0.570 bits per heavy atom. The van der Waals surface area contributed by atoms with Gasteiger partial charge in [-0.05, 0) is 126 Å². The van der Waals surface area contributed by atoms with E-state index in [0.29, 0.717) is 23.3 Å². The molecule has 0 amide bonds. The Balaban J connectivity index is 0.760. The van der Waals surface area contributed by atoms with Crippen molar-refractivity contribution in [3.63, 3.8) is 0 Å². The molecule has 0 bridgehead atoms. The van der Waals surface area contributed by atoms with E-state index in [0.717, 1.165) is 144 Å². The van der Waals surface area contributed by atoms with Crippen molar-refractivity contribution in [2.24, 2.45) is 0 Å². The van der Waals surface area contributed by atoms with Crippen molar-refractivity contribution in [2.45, 2.75) is 0 Å². The highest BCUT2D eigenvalue weighted by atomic mass is 15.1. The van der Waals surface area contributed by atoms with Crippen molar-refractivity contribution in [3.8, 4) is 102 Å². The lowest BCUT2D eigenvalue weighted by Gasteiger charge is -2.15. The van der Waals surface area contributed by atoms with Gasteiger partial charge in [-0.25, -0.2) is 24.9 Å². The van der Waals surface area contributed by atoms with Crippen molar-refractivity contribution in [2.75, 3.05) is 0 Å². The van der Waals surface area contributed by atoms with Crippen LogP contribution in [0.5, 0.6) is 0 Å². The van der Waals surface area contributed by atoms with Gasteiger partial charge in [0, 0.05) is 112 Å². The van der Waals surface area contributed by atoms with E-state index in [2.05, 4.69) is 316 Å². The molecular formula is C90H56N10. The first kappa shape index (κ1) is 56.6. The maximum atomic E-state index is 5.43. The normalized spacial score (nSPS) is 11.8. The Morgan fingerprint density at radius 3 is 1.07 bits per heavy atom. The Hall–Kier alpha value is -13.7. The topological polar surface area (TPSA) is 97.1 Å². The lowest BCUT2D eigenvalue weighted by Crippen LogP contribution is -2.01. The zero-order chi connectivity index (χ0) is 65.8. The molecule has 100 heavy (non-hydrogen) atoms. The van der Waals surface area contributed by atoms with Crippen LogP contribution in [0.25, 0.3) is 189 Å². The molecule has 20 rings (SSSR count). The fourth-order valence-corrected chi connectivity index (χ4v) is 15.2. The van der Waals surface area contributed by atoms with Crippen LogP contribution in [0.15, 0.2) is 340 Å². The van der Waals surface area contributed by atoms with Crippen molar-refractivity contribution in [1.82, 2.24) is 48.2 Å². The summed E-state index contributed by atoms with van der Waals surface area (Å²) in [6.07, 6.45) is 3.92. The van der Waals surface area contributed by atoms with Gasteiger partial charge in [-0.1, -0.05) is 212 Å². The van der Waals surface area contributed by atoms with E-state index in [1.807, 2.05) is 42.7 Å². The summed E-state index contributed by atoms with van der Waals surface area (Å²) in [6.45, 7) is 0. The average Bonchev–Trinajstić information content (AvgIpc) is 1.54. The fourth-order valence-electron chi connectivity index (χ4n) is 15.2. The van der Waals surface area contributed by atoms with Gasteiger partial charge in [0.2, 0.25) is 0 Å². The molecule has 10 heteroatoms. The summed E-state index contributed by atoms with van der Waals surface area (Å²) in [4.78, 5) is 31.4. The molecule has 0 atom stereocenters. The average molecular weight is 1280 g/mol. The monoisotopic (exact) mass is 1280 g/mol. The van der Waals surface area contributed by atoms with E-state index in [4.69, 9.17) is 29.9 Å². The Labute approximate surface area is 574 Å². The summed E-state index contributed by atoms with van der Waals surface area (Å²) >= 11 is 0. The first-order valence-corrected chi connectivity index (χ1v) is 33.7. The van der Waals surface area contributed by atoms with E-state index < -0.39 is 0 Å². The van der Waals surface area contributed by atoms with Crippen molar-refractivity contribution >= 4 is 87.2 Å². The van der Waals surface area contributed by atoms with Gasteiger partial charge in [0.25, 0.3) is 0 Å². The van der Waals surface area contributed by atoms with E-state index >= 15 is 0 Å². The molecule has 0 N–H and O–H groups in total. The number of benzene rings is 13. The minimum atomic E-state index is 0.560. The summed E-state index contributed by atoms with van der Waals surface area (Å²) in [5.41, 5.74) is 22.3. The number of para-hydroxylation sites is 5. The summed E-state index contributed by atoms with van der Waals surface area (Å²) < 4.78 is 9.70. The summed E-state index contributed by atoms with van der Waals surface area (Å²) in [5, 5.41) is 9.11. The molecular weight excluding hydrogens is 1220 g/mol. The zero-order valence-corrected chi connectivity index (χ0v) is 53.8. The van der Waals surface area contributed by atoms with E-state index in [9.17, 15) is 0 Å². The quantitative estimate of drug-likeness (QED) is 0.128. The largest absolute Gasteiger partial charge is 0.307 e. The lowest BCUT2D eigenvalue weighted by atomic mass is 9.95. The number of aromatic nitrogens is 10. The smallest absolute Gasteiger partial charge is 0.164 e. The summed E-state index contributed by atoms with van der Waals surface area (Å²) in [5.74, 6) is 2.36. The molecule has 0 saturated carbocycles. The number of pyridine rings is 1. The molecule has 466 valence electrons. The van der Waals surface area contributed by atoms with Crippen molar-refractivity contribution in [1.29, 1.82) is 0 Å². The molecule has 13 aromatic carbocycles. The Kier molecular flexibility index (Phi) is 13.0. The molecule has 0 spiro atoms. The number of fused-ring (bicyclic) bond motifs is 14. The lowest BCUT2D eigenvalue weighted by molar-refractivity contribution is 1.07. The highest BCUT2D eigenvalue weighted by molar-refractivity contribution is 6.28.